The van der Waals surface area contributed by atoms with Crippen LogP contribution in [0.2, 0.25) is 0 Å². The fourth-order valence-electron chi connectivity index (χ4n) is 2.35. The number of aliphatic hydroxyl groups excluding tert-OH is 4. The second-order valence-electron chi connectivity index (χ2n) is 5.19. The predicted octanol–water partition coefficient (Wildman–Crippen LogP) is -1.96. The third kappa shape index (κ3) is 4.44. The summed E-state index contributed by atoms with van der Waals surface area (Å²) < 4.78 is 4.94. The van der Waals surface area contributed by atoms with E-state index in [1.165, 1.54) is 0 Å². The summed E-state index contributed by atoms with van der Waals surface area (Å²) in [5.74, 6) is -0.897. The third-order valence-electron chi connectivity index (χ3n) is 3.53. The molecule has 1 aliphatic rings. The first-order valence-corrected chi connectivity index (χ1v) is 7.08. The van der Waals surface area contributed by atoms with Crippen molar-refractivity contribution in [1.29, 1.82) is 0 Å². The zero-order valence-electron chi connectivity index (χ0n) is 12.9. The topological polar surface area (TPSA) is 207 Å². The predicted molar refractivity (Wildman–Crippen MR) is 79.1 cm³/mol. The maximum atomic E-state index is 10.6. The highest BCUT2D eigenvalue weighted by atomic mass is 17.0. The Hall–Kier alpha value is -2.78. The Balaban J connectivity index is 2.26. The second kappa shape index (κ2) is 8.07. The number of anilines is 1. The Kier molecular flexibility index (Phi) is 6.06. The Morgan fingerprint density at radius 3 is 2.35 bits per heavy atom. The minimum Gasteiger partial charge on any atom is -0.394 e. The Bertz CT molecular complexity index is 672. The molecule has 1 heterocycles. The maximum Gasteiger partial charge on any atom is 0.299 e. The molecule has 14 nitrogen and oxygen atoms in total. The summed E-state index contributed by atoms with van der Waals surface area (Å²) in [6.07, 6.45) is -6.10. The van der Waals surface area contributed by atoms with E-state index in [9.17, 15) is 35.5 Å². The number of nitrogens with zero attached hydrogens (tertiary/aromatic N) is 2. The maximum absolute atomic E-state index is 10.6. The van der Waals surface area contributed by atoms with Gasteiger partial charge in [0.05, 0.1) is 12.3 Å². The molecule has 1 aromatic rings. The first-order chi connectivity index (χ1) is 12.2. The molecule has 5 N–H and O–H groups in total. The molecule has 1 aliphatic heterocycles. The minimum absolute atomic E-state index is 0.154. The van der Waals surface area contributed by atoms with E-state index < -0.39 is 53.2 Å². The Labute approximate surface area is 144 Å². The zero-order chi connectivity index (χ0) is 19.4. The number of benzene rings is 1. The van der Waals surface area contributed by atoms with E-state index >= 15 is 0 Å². The fourth-order valence-corrected chi connectivity index (χ4v) is 2.35. The molecule has 144 valence electrons. The van der Waals surface area contributed by atoms with Crippen LogP contribution in [0.4, 0.5) is 5.69 Å². The van der Waals surface area contributed by atoms with Gasteiger partial charge in [0.15, 0.2) is 6.29 Å². The molecule has 0 aromatic heterocycles. The van der Waals surface area contributed by atoms with Crippen molar-refractivity contribution in [2.45, 2.75) is 30.6 Å². The molecule has 1 saturated heterocycles. The summed E-state index contributed by atoms with van der Waals surface area (Å²) in [7, 11) is 0. The van der Waals surface area contributed by atoms with Crippen LogP contribution in [0.1, 0.15) is 0 Å². The number of rotatable bonds is 7. The third-order valence-corrected chi connectivity index (χ3v) is 3.53. The first-order valence-electron chi connectivity index (χ1n) is 7.08. The average Bonchev–Trinajstić information content (AvgIpc) is 2.55. The van der Waals surface area contributed by atoms with Crippen LogP contribution in [0.5, 0.6) is 11.5 Å². The van der Waals surface area contributed by atoms with Gasteiger partial charge in [-0.1, -0.05) is 0 Å². The molecule has 1 fully saturated rings. The molecule has 0 bridgehead atoms. The molecule has 0 saturated carbocycles. The Morgan fingerprint density at radius 1 is 1.12 bits per heavy atom. The van der Waals surface area contributed by atoms with Crippen LogP contribution in [0.15, 0.2) is 18.2 Å². The van der Waals surface area contributed by atoms with Gasteiger partial charge in [0.1, 0.15) is 35.9 Å². The van der Waals surface area contributed by atoms with Crippen molar-refractivity contribution < 1.29 is 45.0 Å². The van der Waals surface area contributed by atoms with E-state index in [4.69, 9.17) is 9.84 Å². The minimum atomic E-state index is -1.69. The standard InChI is InChI=1S/C12H15N3O11/c16-4-8-10(17)11(18)9(12(19)24-8)13-6-2-1-5(25-14(20)21)3-7(6)26-15(22)23/h1-3,8-13,16-19H,4H2. The smallest absolute Gasteiger partial charge is 0.299 e. The summed E-state index contributed by atoms with van der Waals surface area (Å²) in [6.45, 7) is -0.662. The monoisotopic (exact) mass is 377 g/mol. The van der Waals surface area contributed by atoms with Crippen LogP contribution in [-0.4, -0.2) is 67.8 Å². The van der Waals surface area contributed by atoms with Gasteiger partial charge in [-0.05, 0) is 12.1 Å². The van der Waals surface area contributed by atoms with E-state index in [2.05, 4.69) is 15.0 Å². The second-order valence-corrected chi connectivity index (χ2v) is 5.19. The summed E-state index contributed by atoms with van der Waals surface area (Å²) in [4.78, 5) is 29.4. The van der Waals surface area contributed by atoms with Crippen LogP contribution in [0.25, 0.3) is 0 Å². The van der Waals surface area contributed by atoms with Crippen molar-refractivity contribution in [2.24, 2.45) is 0 Å². The van der Waals surface area contributed by atoms with Crippen LogP contribution in [0.3, 0.4) is 0 Å². The lowest BCUT2D eigenvalue weighted by molar-refractivity contribution is -0.713. The molecule has 5 unspecified atom stereocenters. The van der Waals surface area contributed by atoms with Crippen LogP contribution in [0, 0.1) is 20.2 Å². The van der Waals surface area contributed by atoms with Crippen molar-refractivity contribution in [3.63, 3.8) is 0 Å². The van der Waals surface area contributed by atoms with Gasteiger partial charge < -0.3 is 30.5 Å². The van der Waals surface area contributed by atoms with Gasteiger partial charge in [-0.3, -0.25) is 9.68 Å². The quantitative estimate of drug-likeness (QED) is 0.259. The number of nitrogens with one attached hydrogen (secondary N) is 1. The van der Waals surface area contributed by atoms with E-state index in [1.54, 1.807) is 0 Å². The molecule has 26 heavy (non-hydrogen) atoms. The number of hydrogen-bond donors (Lipinski definition) is 5. The van der Waals surface area contributed by atoms with E-state index in [0.717, 1.165) is 18.2 Å². The zero-order valence-corrected chi connectivity index (χ0v) is 12.9. The van der Waals surface area contributed by atoms with Gasteiger partial charge in [-0.25, -0.2) is 0 Å². The van der Waals surface area contributed by atoms with Crippen molar-refractivity contribution in [3.8, 4) is 11.5 Å². The summed E-state index contributed by atoms with van der Waals surface area (Å²) >= 11 is 0. The van der Waals surface area contributed by atoms with E-state index in [-0.39, 0.29) is 11.4 Å². The first kappa shape index (κ1) is 19.5. The molecule has 0 aliphatic carbocycles. The molecule has 2 rings (SSSR count). The molecule has 0 radical (unpaired) electrons. The number of aliphatic hydroxyl groups is 4. The van der Waals surface area contributed by atoms with Crippen molar-refractivity contribution in [1.82, 2.24) is 0 Å². The highest BCUT2D eigenvalue weighted by Gasteiger charge is 2.43. The van der Waals surface area contributed by atoms with Crippen LogP contribution >= 0.6 is 0 Å². The molecular weight excluding hydrogens is 362 g/mol. The van der Waals surface area contributed by atoms with E-state index in [0.29, 0.717) is 0 Å². The van der Waals surface area contributed by atoms with Gasteiger partial charge in [0.2, 0.25) is 0 Å². The lowest BCUT2D eigenvalue weighted by Crippen LogP contribution is -2.61. The van der Waals surface area contributed by atoms with Gasteiger partial charge >= 0.3 is 0 Å². The number of ether oxygens (including phenoxy) is 1. The van der Waals surface area contributed by atoms with Crippen LogP contribution in [-0.2, 0) is 4.74 Å². The number of hydrogen-bond acceptors (Lipinski definition) is 12. The molecule has 5 atom stereocenters. The SMILES string of the molecule is O=[N+]([O-])Oc1ccc(NC2C(O)OC(CO)C(O)C2O)c(O[N+](=O)[O-])c1. The summed E-state index contributed by atoms with van der Waals surface area (Å²) in [6, 6.07) is 1.65. The largest absolute Gasteiger partial charge is 0.394 e. The van der Waals surface area contributed by atoms with Gasteiger partial charge in [-0.2, -0.15) is 0 Å². The van der Waals surface area contributed by atoms with Crippen molar-refractivity contribution in [2.75, 3.05) is 11.9 Å². The van der Waals surface area contributed by atoms with Crippen molar-refractivity contribution in [3.05, 3.63) is 38.4 Å². The molecular formula is C12H15N3O11. The highest BCUT2D eigenvalue weighted by molar-refractivity contribution is 5.59. The molecule has 0 spiro atoms. The van der Waals surface area contributed by atoms with E-state index in [1.807, 2.05) is 0 Å². The van der Waals surface area contributed by atoms with Gasteiger partial charge in [0, 0.05) is 6.07 Å². The summed E-state index contributed by atoms with van der Waals surface area (Å²) in [5, 5.41) is 60.0. The average molecular weight is 377 g/mol. The normalized spacial score (nSPS) is 28.2. The fraction of sp³-hybridized carbons (Fsp3) is 0.500. The van der Waals surface area contributed by atoms with Gasteiger partial charge in [-0.15, -0.1) is 20.2 Å². The molecule has 1 aromatic carbocycles. The molecule has 0 amide bonds. The van der Waals surface area contributed by atoms with Crippen molar-refractivity contribution >= 4 is 5.69 Å². The molecule has 14 heteroatoms. The van der Waals surface area contributed by atoms with Gasteiger partial charge in [0.25, 0.3) is 10.2 Å². The van der Waals surface area contributed by atoms with Crippen LogP contribution < -0.4 is 15.0 Å². The summed E-state index contributed by atoms with van der Waals surface area (Å²) in [5.41, 5.74) is -0.154. The highest BCUT2D eigenvalue weighted by Crippen LogP contribution is 2.32. The Morgan fingerprint density at radius 2 is 1.77 bits per heavy atom. The lowest BCUT2D eigenvalue weighted by atomic mass is 9.97. The lowest BCUT2D eigenvalue weighted by Gasteiger charge is -2.40.